The van der Waals surface area contributed by atoms with Crippen LogP contribution in [0.3, 0.4) is 0 Å². The van der Waals surface area contributed by atoms with E-state index in [9.17, 15) is 9.18 Å². The molecule has 2 heterocycles. The molecule has 106 valence electrons. The number of aromatic nitrogens is 1. The van der Waals surface area contributed by atoms with Crippen LogP contribution in [-0.2, 0) is 6.54 Å². The molecule has 3 rings (SSSR count). The van der Waals surface area contributed by atoms with Gasteiger partial charge in [-0.25, -0.2) is 9.37 Å². The van der Waals surface area contributed by atoms with E-state index in [0.29, 0.717) is 26.5 Å². The highest BCUT2D eigenvalue weighted by atomic mass is 35.5. The van der Waals surface area contributed by atoms with Crippen molar-refractivity contribution < 1.29 is 14.2 Å². The molecule has 3 aromatic rings. The second kappa shape index (κ2) is 5.79. The summed E-state index contributed by atoms with van der Waals surface area (Å²) in [7, 11) is 0. The lowest BCUT2D eigenvalue weighted by Gasteiger charge is -2.02. The Morgan fingerprint density at radius 3 is 3.00 bits per heavy atom. The van der Waals surface area contributed by atoms with E-state index in [4.69, 9.17) is 11.6 Å². The monoisotopic (exact) mass is 321 g/mol. The molecule has 21 heavy (non-hydrogen) atoms. The fraction of sp³-hybridized carbons (Fsp3) is 0.0667. The number of H-pyrrole nitrogens is 1. The van der Waals surface area contributed by atoms with Crippen LogP contribution in [0.1, 0.15) is 15.2 Å². The van der Waals surface area contributed by atoms with E-state index in [1.165, 1.54) is 23.5 Å². The largest absolute Gasteiger partial charge is 0.347 e. The number of aromatic amines is 1. The molecule has 0 aliphatic heterocycles. The Bertz CT molecular complexity index is 804. The fourth-order valence-electron chi connectivity index (χ4n) is 1.99. The molecule has 0 aliphatic rings. The normalized spacial score (nSPS) is 10.8. The van der Waals surface area contributed by atoms with E-state index >= 15 is 0 Å². The number of hydrogen-bond acceptors (Lipinski definition) is 2. The van der Waals surface area contributed by atoms with Crippen LogP contribution in [0, 0.1) is 5.82 Å². The Morgan fingerprint density at radius 1 is 1.38 bits per heavy atom. The number of carbonyl (C=O) groups excluding carboxylic acids is 1. The van der Waals surface area contributed by atoms with E-state index in [0.717, 1.165) is 5.56 Å². The summed E-state index contributed by atoms with van der Waals surface area (Å²) >= 11 is 7.40. The maximum Gasteiger partial charge on any atom is 0.263 e. The molecule has 0 atom stereocenters. The minimum Gasteiger partial charge on any atom is -0.347 e. The first-order chi connectivity index (χ1) is 10.1. The molecule has 1 aromatic carbocycles. The van der Waals surface area contributed by atoms with Crippen LogP contribution in [0.4, 0.5) is 4.39 Å². The zero-order valence-corrected chi connectivity index (χ0v) is 12.4. The van der Waals surface area contributed by atoms with Crippen LogP contribution in [0.25, 0.3) is 10.1 Å². The van der Waals surface area contributed by atoms with E-state index in [-0.39, 0.29) is 11.7 Å². The van der Waals surface area contributed by atoms with Gasteiger partial charge < -0.3 is 5.32 Å². The van der Waals surface area contributed by atoms with E-state index in [1.807, 2.05) is 18.3 Å². The first-order valence-electron chi connectivity index (χ1n) is 6.26. The second-order valence-corrected chi connectivity index (χ2v) is 5.91. The van der Waals surface area contributed by atoms with Crippen LogP contribution >= 0.6 is 22.9 Å². The Hall–Kier alpha value is -1.98. The molecular formula is C15H11ClFN2OS+. The summed E-state index contributed by atoms with van der Waals surface area (Å²) in [6.45, 7) is 0.398. The molecule has 2 aromatic heterocycles. The smallest absolute Gasteiger partial charge is 0.263 e. The van der Waals surface area contributed by atoms with E-state index in [2.05, 4.69) is 10.3 Å². The van der Waals surface area contributed by atoms with Gasteiger partial charge in [-0.05, 0) is 24.3 Å². The van der Waals surface area contributed by atoms with Gasteiger partial charge in [0, 0.05) is 28.3 Å². The number of pyridine rings is 1. The first kappa shape index (κ1) is 14.0. The summed E-state index contributed by atoms with van der Waals surface area (Å²) < 4.78 is 13.9. The molecule has 0 spiro atoms. The standard InChI is InChI=1S/C15H10ClFN2OS/c16-13-11-4-3-10(17)6-12(11)21-14(13)15(20)19-8-9-2-1-5-18-7-9/h1-7H,8H2,(H,19,20)/p+1. The Labute approximate surface area is 129 Å². The number of thiophene rings is 1. The third-order valence-electron chi connectivity index (χ3n) is 3.02. The topological polar surface area (TPSA) is 43.2 Å². The van der Waals surface area contributed by atoms with Crippen molar-refractivity contribution in [1.82, 2.24) is 5.32 Å². The van der Waals surface area contributed by atoms with Crippen molar-refractivity contribution in [2.45, 2.75) is 6.54 Å². The molecule has 1 amide bonds. The highest BCUT2D eigenvalue weighted by Gasteiger charge is 2.17. The molecule has 0 fully saturated rings. The van der Waals surface area contributed by atoms with Crippen molar-refractivity contribution in [2.24, 2.45) is 0 Å². The molecule has 0 aliphatic carbocycles. The second-order valence-electron chi connectivity index (χ2n) is 4.48. The third kappa shape index (κ3) is 2.89. The molecular weight excluding hydrogens is 311 g/mol. The number of benzene rings is 1. The van der Waals surface area contributed by atoms with Crippen LogP contribution in [0.2, 0.25) is 5.02 Å². The lowest BCUT2D eigenvalue weighted by Crippen LogP contribution is -2.22. The molecule has 0 unspecified atom stereocenters. The number of rotatable bonds is 3. The highest BCUT2D eigenvalue weighted by Crippen LogP contribution is 2.35. The maximum atomic E-state index is 13.2. The summed E-state index contributed by atoms with van der Waals surface area (Å²) in [5, 5.41) is 3.87. The quantitative estimate of drug-likeness (QED) is 0.789. The van der Waals surface area contributed by atoms with Gasteiger partial charge >= 0.3 is 0 Å². The Balaban J connectivity index is 1.83. The SMILES string of the molecule is O=C(NCc1ccc[nH+]c1)c1sc2cc(F)ccc2c1Cl. The molecule has 2 N–H and O–H groups in total. The molecule has 6 heteroatoms. The van der Waals surface area contributed by atoms with Gasteiger partial charge in [-0.15, -0.1) is 11.3 Å². The molecule has 0 saturated carbocycles. The van der Waals surface area contributed by atoms with Crippen LogP contribution in [0.15, 0.2) is 42.7 Å². The summed E-state index contributed by atoms with van der Waals surface area (Å²) in [5.74, 6) is -0.599. The summed E-state index contributed by atoms with van der Waals surface area (Å²) in [6, 6.07) is 8.07. The minimum atomic E-state index is -0.341. The predicted octanol–water partition coefficient (Wildman–Crippen LogP) is 3.44. The van der Waals surface area contributed by atoms with E-state index in [1.54, 1.807) is 12.3 Å². The Kier molecular flexibility index (Phi) is 3.86. The minimum absolute atomic E-state index is 0.259. The van der Waals surface area contributed by atoms with Crippen molar-refractivity contribution in [3.63, 3.8) is 0 Å². The van der Waals surface area contributed by atoms with Crippen molar-refractivity contribution in [3.8, 4) is 0 Å². The van der Waals surface area contributed by atoms with Crippen LogP contribution in [0.5, 0.6) is 0 Å². The summed E-state index contributed by atoms with van der Waals surface area (Å²) in [4.78, 5) is 15.6. The number of fused-ring (bicyclic) bond motifs is 1. The van der Waals surface area contributed by atoms with Crippen molar-refractivity contribution >= 4 is 38.9 Å². The maximum absolute atomic E-state index is 13.2. The van der Waals surface area contributed by atoms with Gasteiger partial charge in [0.05, 0.1) is 5.02 Å². The van der Waals surface area contributed by atoms with Crippen molar-refractivity contribution in [2.75, 3.05) is 0 Å². The first-order valence-corrected chi connectivity index (χ1v) is 7.45. The summed E-state index contributed by atoms with van der Waals surface area (Å²) in [6.07, 6.45) is 3.60. The predicted molar refractivity (Wildman–Crippen MR) is 81.0 cm³/mol. The average molecular weight is 322 g/mol. The zero-order chi connectivity index (χ0) is 14.8. The highest BCUT2D eigenvalue weighted by molar-refractivity contribution is 7.21. The molecule has 0 radical (unpaired) electrons. The van der Waals surface area contributed by atoms with Crippen molar-refractivity contribution in [3.05, 3.63) is 64.0 Å². The third-order valence-corrected chi connectivity index (χ3v) is 4.68. The number of hydrogen-bond donors (Lipinski definition) is 1. The number of carbonyl (C=O) groups is 1. The van der Waals surface area contributed by atoms with Gasteiger partial charge in [0.2, 0.25) is 0 Å². The van der Waals surface area contributed by atoms with Gasteiger partial charge in [-0.3, -0.25) is 4.79 Å². The fourth-order valence-corrected chi connectivity index (χ4v) is 3.45. The van der Waals surface area contributed by atoms with Gasteiger partial charge in [0.1, 0.15) is 10.7 Å². The lowest BCUT2D eigenvalue weighted by molar-refractivity contribution is -0.378. The zero-order valence-electron chi connectivity index (χ0n) is 10.8. The molecule has 3 nitrogen and oxygen atoms in total. The van der Waals surface area contributed by atoms with Gasteiger partial charge in [-0.1, -0.05) is 11.6 Å². The average Bonchev–Trinajstić information content (AvgIpc) is 2.82. The van der Waals surface area contributed by atoms with Crippen LogP contribution in [-0.4, -0.2) is 5.91 Å². The van der Waals surface area contributed by atoms with Crippen LogP contribution < -0.4 is 10.3 Å². The summed E-state index contributed by atoms with van der Waals surface area (Å²) in [5.41, 5.74) is 0.953. The number of halogens is 2. The lowest BCUT2D eigenvalue weighted by atomic mass is 10.2. The van der Waals surface area contributed by atoms with E-state index < -0.39 is 0 Å². The number of amides is 1. The molecule has 0 saturated heterocycles. The van der Waals surface area contributed by atoms with Gasteiger partial charge in [0.25, 0.3) is 5.91 Å². The molecule has 0 bridgehead atoms. The van der Waals surface area contributed by atoms with Gasteiger partial charge in [-0.2, -0.15) is 0 Å². The van der Waals surface area contributed by atoms with Gasteiger partial charge in [0.15, 0.2) is 12.4 Å². The number of nitrogens with one attached hydrogen (secondary N) is 2. The van der Waals surface area contributed by atoms with Crippen molar-refractivity contribution in [1.29, 1.82) is 0 Å². The Morgan fingerprint density at radius 2 is 2.24 bits per heavy atom.